The predicted molar refractivity (Wildman–Crippen MR) is 104 cm³/mol. The number of aliphatic imine (C=N–C) groups is 1. The molecule has 0 radical (unpaired) electrons. The van der Waals surface area contributed by atoms with E-state index in [0.717, 1.165) is 17.1 Å². The Morgan fingerprint density at radius 2 is 1.69 bits per heavy atom. The maximum Gasteiger partial charge on any atom is 0.200 e. The van der Waals surface area contributed by atoms with E-state index in [1.807, 2.05) is 36.2 Å². The third kappa shape index (κ3) is 4.95. The first-order valence-corrected chi connectivity index (χ1v) is 8.46. The van der Waals surface area contributed by atoms with Gasteiger partial charge in [-0.2, -0.15) is 0 Å². The first-order valence-electron chi connectivity index (χ1n) is 8.08. The second-order valence-corrected chi connectivity index (χ2v) is 6.17. The van der Waals surface area contributed by atoms with Gasteiger partial charge in [-0.1, -0.05) is 23.7 Å². The van der Waals surface area contributed by atoms with Gasteiger partial charge in [0.05, 0.1) is 14.2 Å². The van der Waals surface area contributed by atoms with E-state index in [1.165, 1.54) is 14.2 Å². The molecule has 6 nitrogen and oxygen atoms in total. The number of guanidine groups is 1. The Bertz CT molecular complexity index is 738. The summed E-state index contributed by atoms with van der Waals surface area (Å²) < 4.78 is 10.4. The van der Waals surface area contributed by atoms with E-state index in [4.69, 9.17) is 21.1 Å². The molecule has 7 heteroatoms. The van der Waals surface area contributed by atoms with Crippen molar-refractivity contribution in [3.05, 3.63) is 52.5 Å². The van der Waals surface area contributed by atoms with Crippen LogP contribution in [0.3, 0.4) is 0 Å². The average Bonchev–Trinajstić information content (AvgIpc) is 2.65. The molecule has 2 aromatic rings. The number of nitrogens with zero attached hydrogens (tertiary/aromatic N) is 2. The number of hydrogen-bond acceptors (Lipinski definition) is 4. The van der Waals surface area contributed by atoms with Crippen LogP contribution in [0.15, 0.2) is 41.4 Å². The van der Waals surface area contributed by atoms with Crippen molar-refractivity contribution in [1.29, 1.82) is 0 Å². The highest BCUT2D eigenvalue weighted by Crippen LogP contribution is 2.37. The van der Waals surface area contributed by atoms with Crippen molar-refractivity contribution in [2.24, 2.45) is 4.99 Å². The number of methoxy groups -OCH3 is 2. The minimum atomic E-state index is -0.0111. The topological polar surface area (TPSA) is 66.3 Å². The molecule has 0 aliphatic heterocycles. The van der Waals surface area contributed by atoms with E-state index in [2.05, 4.69) is 10.3 Å². The van der Waals surface area contributed by atoms with E-state index >= 15 is 0 Å². The van der Waals surface area contributed by atoms with Crippen LogP contribution in [0.4, 0.5) is 0 Å². The number of ether oxygens (including phenoxy) is 2. The first-order chi connectivity index (χ1) is 12.5. The summed E-state index contributed by atoms with van der Waals surface area (Å²) >= 11 is 5.93. The van der Waals surface area contributed by atoms with Crippen molar-refractivity contribution in [1.82, 2.24) is 10.2 Å². The lowest BCUT2D eigenvalue weighted by Gasteiger charge is -2.22. The Morgan fingerprint density at radius 3 is 2.19 bits per heavy atom. The summed E-state index contributed by atoms with van der Waals surface area (Å²) in [6.07, 6.45) is 0. The summed E-state index contributed by atoms with van der Waals surface area (Å²) in [6.45, 7) is 1.20. The van der Waals surface area contributed by atoms with E-state index < -0.39 is 0 Å². The van der Waals surface area contributed by atoms with Gasteiger partial charge in [-0.25, -0.2) is 0 Å². The summed E-state index contributed by atoms with van der Waals surface area (Å²) in [4.78, 5) is 6.33. The van der Waals surface area contributed by atoms with Gasteiger partial charge in [0.25, 0.3) is 0 Å². The zero-order valence-corrected chi connectivity index (χ0v) is 16.2. The molecule has 0 saturated carbocycles. The standard InChI is InChI=1S/C19H24ClN3O3/c1-21-19(23(2)12-13-5-7-15(20)8-6-13)22-11-14-9-16(25-3)18(24)17(10-14)26-4/h5-10,24H,11-12H2,1-4H3,(H,21,22). The van der Waals surface area contributed by atoms with Gasteiger partial charge in [-0.3, -0.25) is 4.99 Å². The van der Waals surface area contributed by atoms with Crippen LogP contribution in [0.1, 0.15) is 11.1 Å². The summed E-state index contributed by atoms with van der Waals surface area (Å²) in [5.74, 6) is 1.46. The molecule has 2 aromatic carbocycles. The van der Waals surface area contributed by atoms with Crippen molar-refractivity contribution >= 4 is 17.6 Å². The molecule has 0 unspecified atom stereocenters. The highest BCUT2D eigenvalue weighted by atomic mass is 35.5. The van der Waals surface area contributed by atoms with Gasteiger partial charge in [0.1, 0.15) is 0 Å². The predicted octanol–water partition coefficient (Wildman–Crippen LogP) is 3.27. The van der Waals surface area contributed by atoms with Gasteiger partial charge in [-0.15, -0.1) is 0 Å². The molecule has 2 rings (SSSR count). The molecule has 0 bridgehead atoms. The molecule has 0 atom stereocenters. The van der Waals surface area contributed by atoms with Crippen molar-refractivity contribution in [2.45, 2.75) is 13.1 Å². The molecule has 0 heterocycles. The minimum Gasteiger partial charge on any atom is -0.502 e. The number of halogens is 1. The molecule has 0 spiro atoms. The maximum atomic E-state index is 10.00. The third-order valence-corrected chi connectivity index (χ3v) is 4.15. The molecule has 0 saturated heterocycles. The Hall–Kier alpha value is -2.60. The zero-order chi connectivity index (χ0) is 19.1. The van der Waals surface area contributed by atoms with Gasteiger partial charge in [0, 0.05) is 32.2 Å². The second kappa shape index (κ2) is 9.20. The number of nitrogens with one attached hydrogen (secondary N) is 1. The van der Waals surface area contributed by atoms with Crippen LogP contribution >= 0.6 is 11.6 Å². The maximum absolute atomic E-state index is 10.00. The normalized spacial score (nSPS) is 11.2. The highest BCUT2D eigenvalue weighted by molar-refractivity contribution is 6.30. The lowest BCUT2D eigenvalue weighted by atomic mass is 10.2. The zero-order valence-electron chi connectivity index (χ0n) is 15.4. The van der Waals surface area contributed by atoms with E-state index in [1.54, 1.807) is 19.2 Å². The number of phenolic OH excluding ortho intramolecular Hbond substituents is 1. The van der Waals surface area contributed by atoms with E-state index in [9.17, 15) is 5.11 Å². The molecule has 2 N–H and O–H groups in total. The fourth-order valence-corrected chi connectivity index (χ4v) is 2.68. The van der Waals surface area contributed by atoms with Crippen molar-refractivity contribution < 1.29 is 14.6 Å². The molecule has 0 aliphatic carbocycles. The molecule has 140 valence electrons. The van der Waals surface area contributed by atoms with Crippen LogP contribution in [0.2, 0.25) is 5.02 Å². The van der Waals surface area contributed by atoms with Crippen molar-refractivity contribution in [3.63, 3.8) is 0 Å². The Kier molecular flexibility index (Phi) is 6.97. The lowest BCUT2D eigenvalue weighted by molar-refractivity contribution is 0.339. The van der Waals surface area contributed by atoms with Crippen molar-refractivity contribution in [3.8, 4) is 17.2 Å². The SMILES string of the molecule is CN=C(NCc1cc(OC)c(O)c(OC)c1)N(C)Cc1ccc(Cl)cc1. The molecule has 0 amide bonds. The summed E-state index contributed by atoms with van der Waals surface area (Å²) in [6, 6.07) is 11.2. The van der Waals surface area contributed by atoms with Crippen molar-refractivity contribution in [2.75, 3.05) is 28.3 Å². The molecule has 0 aliphatic rings. The number of aromatic hydroxyl groups is 1. The summed E-state index contributed by atoms with van der Waals surface area (Å²) in [7, 11) is 6.70. The van der Waals surface area contributed by atoms with Crippen LogP contribution in [0.5, 0.6) is 17.2 Å². The first kappa shape index (κ1) is 19.7. The molecule has 26 heavy (non-hydrogen) atoms. The van der Waals surface area contributed by atoms with Gasteiger partial charge < -0.3 is 24.8 Å². The Morgan fingerprint density at radius 1 is 1.12 bits per heavy atom. The lowest BCUT2D eigenvalue weighted by Crippen LogP contribution is -2.38. The molecular formula is C19H24ClN3O3. The number of hydrogen-bond donors (Lipinski definition) is 2. The smallest absolute Gasteiger partial charge is 0.200 e. The van der Waals surface area contributed by atoms with Crippen LogP contribution in [-0.4, -0.2) is 44.3 Å². The van der Waals surface area contributed by atoms with Crippen LogP contribution in [0.25, 0.3) is 0 Å². The van der Waals surface area contributed by atoms with Crippen LogP contribution in [-0.2, 0) is 13.1 Å². The van der Waals surface area contributed by atoms with Gasteiger partial charge in [-0.05, 0) is 35.4 Å². The molecule has 0 aromatic heterocycles. The summed E-state index contributed by atoms with van der Waals surface area (Å²) in [5, 5.41) is 14.0. The monoisotopic (exact) mass is 377 g/mol. The number of benzene rings is 2. The minimum absolute atomic E-state index is 0.0111. The van der Waals surface area contributed by atoms with Gasteiger partial charge in [0.15, 0.2) is 17.5 Å². The second-order valence-electron chi connectivity index (χ2n) is 5.73. The van der Waals surface area contributed by atoms with Crippen LogP contribution in [0, 0.1) is 0 Å². The highest BCUT2D eigenvalue weighted by Gasteiger charge is 2.12. The van der Waals surface area contributed by atoms with E-state index in [0.29, 0.717) is 29.6 Å². The molecular weight excluding hydrogens is 354 g/mol. The largest absolute Gasteiger partial charge is 0.502 e. The number of phenols is 1. The number of rotatable bonds is 6. The van der Waals surface area contributed by atoms with Gasteiger partial charge in [0.2, 0.25) is 5.75 Å². The third-order valence-electron chi connectivity index (χ3n) is 3.90. The quantitative estimate of drug-likeness (QED) is 0.597. The Balaban J connectivity index is 2.05. The van der Waals surface area contributed by atoms with Crippen LogP contribution < -0.4 is 14.8 Å². The fraction of sp³-hybridized carbons (Fsp3) is 0.316. The van der Waals surface area contributed by atoms with Gasteiger partial charge >= 0.3 is 0 Å². The average molecular weight is 378 g/mol. The summed E-state index contributed by atoms with van der Waals surface area (Å²) in [5.41, 5.74) is 2.03. The molecule has 0 fully saturated rings. The van der Waals surface area contributed by atoms with E-state index in [-0.39, 0.29) is 5.75 Å². The Labute approximate surface area is 159 Å². The fourth-order valence-electron chi connectivity index (χ4n) is 2.55.